The van der Waals surface area contributed by atoms with Crippen LogP contribution in [0.3, 0.4) is 0 Å². The molecule has 0 unspecified atom stereocenters. The van der Waals surface area contributed by atoms with E-state index in [1.165, 1.54) is 0 Å². The lowest BCUT2D eigenvalue weighted by molar-refractivity contribution is -0.272. The van der Waals surface area contributed by atoms with Crippen LogP contribution in [0.25, 0.3) is 0 Å². The van der Waals surface area contributed by atoms with Crippen LogP contribution >= 0.6 is 0 Å². The summed E-state index contributed by atoms with van der Waals surface area (Å²) in [7, 11) is 0. The van der Waals surface area contributed by atoms with Gasteiger partial charge in [-0.1, -0.05) is 13.0 Å². The number of rotatable bonds is 10. The van der Waals surface area contributed by atoms with Crippen molar-refractivity contribution in [3.63, 3.8) is 0 Å². The quantitative estimate of drug-likeness (QED) is 0.255. The average Bonchev–Trinajstić information content (AvgIpc) is 2.32. The van der Waals surface area contributed by atoms with Gasteiger partial charge in [0.05, 0.1) is 19.8 Å². The Morgan fingerprint density at radius 3 is 2.35 bits per heavy atom. The zero-order valence-electron chi connectivity index (χ0n) is 10.9. The Morgan fingerprint density at radius 1 is 1.06 bits per heavy atom. The van der Waals surface area contributed by atoms with Crippen LogP contribution in [0, 0.1) is 0 Å². The maximum Gasteiger partial charge on any atom is 0.368 e. The largest absolute Gasteiger partial charge is 0.379 e. The topological polar surface area (TPSA) is 54.0 Å². The van der Waals surface area contributed by atoms with Crippen molar-refractivity contribution in [2.45, 2.75) is 27.2 Å². The molecule has 0 aromatic carbocycles. The van der Waals surface area contributed by atoms with E-state index in [0.717, 1.165) is 6.42 Å². The van der Waals surface area contributed by atoms with Crippen molar-refractivity contribution >= 4 is 5.97 Å². The van der Waals surface area contributed by atoms with Crippen molar-refractivity contribution in [1.29, 1.82) is 0 Å². The fraction of sp³-hybridized carbons (Fsp3) is 0.750. The van der Waals surface area contributed by atoms with Gasteiger partial charge >= 0.3 is 5.97 Å². The van der Waals surface area contributed by atoms with Gasteiger partial charge in [-0.15, -0.1) is 0 Å². The van der Waals surface area contributed by atoms with Crippen molar-refractivity contribution in [3.8, 4) is 0 Å². The second-order valence-corrected chi connectivity index (χ2v) is 3.30. The van der Waals surface area contributed by atoms with Gasteiger partial charge in [0, 0.05) is 12.2 Å². The predicted molar refractivity (Wildman–Crippen MR) is 63.4 cm³/mol. The van der Waals surface area contributed by atoms with E-state index >= 15 is 0 Å². The first-order valence-corrected chi connectivity index (χ1v) is 5.88. The Morgan fingerprint density at radius 2 is 1.71 bits per heavy atom. The van der Waals surface area contributed by atoms with E-state index in [0.29, 0.717) is 32.0 Å². The third kappa shape index (κ3) is 9.99. The van der Waals surface area contributed by atoms with E-state index in [1.807, 2.05) is 13.8 Å². The summed E-state index contributed by atoms with van der Waals surface area (Å²) in [5.74, 6) is -0.457. The van der Waals surface area contributed by atoms with E-state index < -0.39 is 5.97 Å². The molecule has 0 aliphatic rings. The van der Waals surface area contributed by atoms with Crippen LogP contribution in [0.2, 0.25) is 0 Å². The summed E-state index contributed by atoms with van der Waals surface area (Å²) in [5, 5.41) is 0. The predicted octanol–water partition coefficient (Wildman–Crippen LogP) is 1.87. The van der Waals surface area contributed by atoms with Crippen LogP contribution in [0.4, 0.5) is 0 Å². The van der Waals surface area contributed by atoms with Crippen molar-refractivity contribution in [3.05, 3.63) is 11.6 Å². The summed E-state index contributed by atoms with van der Waals surface area (Å²) < 4.78 is 10.2. The third-order valence-corrected chi connectivity index (χ3v) is 1.85. The van der Waals surface area contributed by atoms with Crippen molar-refractivity contribution in [1.82, 2.24) is 0 Å². The summed E-state index contributed by atoms with van der Waals surface area (Å²) in [6.45, 7) is 7.91. The fourth-order valence-corrected chi connectivity index (χ4v) is 1.01. The third-order valence-electron chi connectivity index (χ3n) is 1.85. The van der Waals surface area contributed by atoms with Gasteiger partial charge in [0.25, 0.3) is 0 Å². The molecule has 17 heavy (non-hydrogen) atoms. The SMILES string of the molecule is CCC=C(C)C(=O)OOCCOCCOCC. The molecule has 0 amide bonds. The fourth-order valence-electron chi connectivity index (χ4n) is 1.01. The lowest BCUT2D eigenvalue weighted by Gasteiger charge is -2.05. The van der Waals surface area contributed by atoms with Crippen molar-refractivity contribution in [2.24, 2.45) is 0 Å². The summed E-state index contributed by atoms with van der Waals surface area (Å²) in [6, 6.07) is 0. The maximum atomic E-state index is 11.2. The molecule has 0 atom stereocenters. The molecular weight excluding hydrogens is 224 g/mol. The Balaban J connectivity index is 3.34. The summed E-state index contributed by atoms with van der Waals surface area (Å²) in [4.78, 5) is 20.5. The number of allylic oxidation sites excluding steroid dienone is 1. The van der Waals surface area contributed by atoms with Crippen molar-refractivity contribution in [2.75, 3.05) is 33.0 Å². The molecule has 0 fully saturated rings. The Hall–Kier alpha value is -0.910. The van der Waals surface area contributed by atoms with Crippen LogP contribution < -0.4 is 0 Å². The number of ether oxygens (including phenoxy) is 2. The van der Waals surface area contributed by atoms with Gasteiger partial charge in [0.15, 0.2) is 0 Å². The molecule has 0 aliphatic carbocycles. The van der Waals surface area contributed by atoms with Crippen LogP contribution in [-0.2, 0) is 24.0 Å². The van der Waals surface area contributed by atoms with Gasteiger partial charge in [-0.25, -0.2) is 4.79 Å². The highest BCUT2D eigenvalue weighted by atomic mass is 17.2. The standard InChI is InChI=1S/C12H22O5/c1-4-6-11(3)12(13)17-16-10-9-15-8-7-14-5-2/h6H,4-5,7-10H2,1-3H3. The van der Waals surface area contributed by atoms with Gasteiger partial charge in [0.2, 0.25) is 0 Å². The van der Waals surface area contributed by atoms with E-state index in [1.54, 1.807) is 13.0 Å². The minimum atomic E-state index is -0.457. The molecule has 0 N–H and O–H groups in total. The molecule has 0 radical (unpaired) electrons. The molecule has 0 aromatic rings. The number of carbonyl (C=O) groups excluding carboxylic acids is 1. The number of hydrogen-bond acceptors (Lipinski definition) is 5. The minimum Gasteiger partial charge on any atom is -0.379 e. The van der Waals surface area contributed by atoms with E-state index in [4.69, 9.17) is 14.4 Å². The molecule has 0 rings (SSSR count). The van der Waals surface area contributed by atoms with E-state index in [9.17, 15) is 4.79 Å². The van der Waals surface area contributed by atoms with Crippen LogP contribution in [0.5, 0.6) is 0 Å². The molecule has 0 saturated carbocycles. The second kappa shape index (κ2) is 11.6. The molecule has 0 heterocycles. The molecular formula is C12H22O5. The zero-order valence-corrected chi connectivity index (χ0v) is 10.9. The first-order chi connectivity index (χ1) is 8.22. The summed E-state index contributed by atoms with van der Waals surface area (Å²) in [5.41, 5.74) is 0.546. The highest BCUT2D eigenvalue weighted by Crippen LogP contribution is 1.98. The average molecular weight is 246 g/mol. The summed E-state index contributed by atoms with van der Waals surface area (Å²) >= 11 is 0. The molecule has 0 aromatic heterocycles. The monoisotopic (exact) mass is 246 g/mol. The molecule has 0 spiro atoms. The van der Waals surface area contributed by atoms with Crippen LogP contribution in [-0.4, -0.2) is 39.0 Å². The van der Waals surface area contributed by atoms with Gasteiger partial charge in [-0.05, 0) is 20.3 Å². The van der Waals surface area contributed by atoms with Crippen LogP contribution in [0.15, 0.2) is 11.6 Å². The molecule has 0 aliphatic heterocycles. The lowest BCUT2D eigenvalue weighted by Crippen LogP contribution is -2.12. The first kappa shape index (κ1) is 16.1. The molecule has 0 bridgehead atoms. The van der Waals surface area contributed by atoms with Crippen molar-refractivity contribution < 1.29 is 24.0 Å². The Labute approximate surface area is 103 Å². The molecule has 5 nitrogen and oxygen atoms in total. The Bertz CT molecular complexity index is 225. The van der Waals surface area contributed by atoms with Gasteiger partial charge in [0.1, 0.15) is 6.61 Å². The second-order valence-electron chi connectivity index (χ2n) is 3.30. The number of hydrogen-bond donors (Lipinski definition) is 0. The smallest absolute Gasteiger partial charge is 0.368 e. The molecule has 100 valence electrons. The summed E-state index contributed by atoms with van der Waals surface area (Å²) in [6.07, 6.45) is 2.58. The highest BCUT2D eigenvalue weighted by Gasteiger charge is 2.05. The lowest BCUT2D eigenvalue weighted by atomic mass is 10.2. The first-order valence-electron chi connectivity index (χ1n) is 5.88. The zero-order chi connectivity index (χ0) is 12.9. The maximum absolute atomic E-state index is 11.2. The Kier molecular flexibility index (Phi) is 11.0. The molecule has 5 heteroatoms. The van der Waals surface area contributed by atoms with E-state index in [2.05, 4.69) is 4.89 Å². The normalized spacial score (nSPS) is 11.6. The van der Waals surface area contributed by atoms with Crippen LogP contribution in [0.1, 0.15) is 27.2 Å². The minimum absolute atomic E-state index is 0.220. The highest BCUT2D eigenvalue weighted by molar-refractivity contribution is 5.87. The number of carbonyl (C=O) groups is 1. The van der Waals surface area contributed by atoms with Gasteiger partial charge in [-0.2, -0.15) is 4.89 Å². The molecule has 0 saturated heterocycles. The van der Waals surface area contributed by atoms with E-state index in [-0.39, 0.29) is 6.61 Å². The van der Waals surface area contributed by atoms with Gasteiger partial charge < -0.3 is 9.47 Å². The van der Waals surface area contributed by atoms with Gasteiger partial charge in [-0.3, -0.25) is 4.89 Å².